The molecule has 0 bridgehead atoms. The van der Waals surface area contributed by atoms with Crippen molar-refractivity contribution in [3.63, 3.8) is 0 Å². The van der Waals surface area contributed by atoms with Gasteiger partial charge < -0.3 is 15.7 Å². The zero-order valence-corrected chi connectivity index (χ0v) is 12.9. The molecule has 1 rings (SSSR count). The van der Waals surface area contributed by atoms with Gasteiger partial charge in [-0.15, -0.1) is 0 Å². The molecule has 0 saturated heterocycles. The molecule has 6 heteroatoms. The molecule has 1 aromatic rings. The fraction of sp³-hybridized carbons (Fsp3) is 0.500. The Morgan fingerprint density at radius 3 is 2.20 bits per heavy atom. The molecule has 0 aromatic heterocycles. The third-order valence-electron chi connectivity index (χ3n) is 3.48. The molecule has 5 nitrogen and oxygen atoms in total. The predicted molar refractivity (Wildman–Crippen MR) is 81.3 cm³/mol. The number of nitrogens with one attached hydrogen (secondary N) is 2. The van der Waals surface area contributed by atoms with Crippen molar-refractivity contribution in [1.29, 1.82) is 0 Å². The lowest BCUT2D eigenvalue weighted by molar-refractivity contribution is 0.155. The van der Waals surface area contributed by atoms with E-state index in [2.05, 4.69) is 10.6 Å². The molecule has 2 amide bonds. The quantitative estimate of drug-likeness (QED) is 0.752. The Bertz CT molecular complexity index is 462. The molecule has 1 aromatic carbocycles. The molecule has 0 aliphatic carbocycles. The van der Waals surface area contributed by atoms with Crippen molar-refractivity contribution in [3.8, 4) is 0 Å². The first-order chi connectivity index (χ1) is 9.46. The Morgan fingerprint density at radius 1 is 1.25 bits per heavy atom. The number of anilines is 1. The summed E-state index contributed by atoms with van der Waals surface area (Å²) < 4.78 is 11.3. The third-order valence-corrected chi connectivity index (χ3v) is 4.42. The SMILES string of the molecule is CCC(CC)(CO)NC(=O)Nc1ccc([S@@](C)=O)cc1. The largest absolute Gasteiger partial charge is 0.394 e. The molecule has 0 radical (unpaired) electrons. The van der Waals surface area contributed by atoms with E-state index in [0.29, 0.717) is 23.4 Å². The summed E-state index contributed by atoms with van der Waals surface area (Å²) in [7, 11) is -1.03. The summed E-state index contributed by atoms with van der Waals surface area (Å²) in [5, 5.41) is 14.9. The van der Waals surface area contributed by atoms with Gasteiger partial charge in [0.05, 0.1) is 12.1 Å². The van der Waals surface area contributed by atoms with E-state index in [-0.39, 0.29) is 12.6 Å². The molecule has 112 valence electrons. The van der Waals surface area contributed by atoms with Gasteiger partial charge in [0.2, 0.25) is 0 Å². The minimum absolute atomic E-state index is 0.0961. The average molecular weight is 298 g/mol. The van der Waals surface area contributed by atoms with Crippen LogP contribution in [0.15, 0.2) is 29.2 Å². The van der Waals surface area contributed by atoms with Crippen LogP contribution >= 0.6 is 0 Å². The number of aliphatic hydroxyl groups is 1. The van der Waals surface area contributed by atoms with Crippen molar-refractivity contribution in [2.45, 2.75) is 37.1 Å². The van der Waals surface area contributed by atoms with E-state index in [0.717, 1.165) is 0 Å². The lowest BCUT2D eigenvalue weighted by Crippen LogP contribution is -2.51. The first-order valence-electron chi connectivity index (χ1n) is 6.60. The normalized spacial score (nSPS) is 12.8. The minimum atomic E-state index is -1.03. The van der Waals surface area contributed by atoms with E-state index in [1.807, 2.05) is 13.8 Å². The second-order valence-electron chi connectivity index (χ2n) is 4.70. The molecule has 0 aliphatic rings. The molecular weight excluding hydrogens is 276 g/mol. The van der Waals surface area contributed by atoms with E-state index < -0.39 is 16.3 Å². The molecule has 20 heavy (non-hydrogen) atoms. The number of aliphatic hydroxyl groups excluding tert-OH is 1. The molecule has 0 fully saturated rings. The maximum absolute atomic E-state index is 11.9. The van der Waals surface area contributed by atoms with Crippen molar-refractivity contribution < 1.29 is 14.1 Å². The summed E-state index contributed by atoms with van der Waals surface area (Å²) >= 11 is 0. The Balaban J connectivity index is 2.68. The highest BCUT2D eigenvalue weighted by atomic mass is 32.2. The van der Waals surface area contributed by atoms with Gasteiger partial charge in [0.25, 0.3) is 0 Å². The molecule has 0 saturated carbocycles. The number of carbonyl (C=O) groups excluding carboxylic acids is 1. The van der Waals surface area contributed by atoms with Crippen molar-refractivity contribution in [2.24, 2.45) is 0 Å². The molecule has 0 unspecified atom stereocenters. The second-order valence-corrected chi connectivity index (χ2v) is 6.08. The van der Waals surface area contributed by atoms with Gasteiger partial charge in [-0.25, -0.2) is 4.79 Å². The average Bonchev–Trinajstić information content (AvgIpc) is 2.45. The zero-order valence-electron chi connectivity index (χ0n) is 12.1. The fourth-order valence-electron chi connectivity index (χ4n) is 1.82. The predicted octanol–water partition coefficient (Wildman–Crippen LogP) is 2.10. The number of urea groups is 1. The Labute approximate surface area is 122 Å². The van der Waals surface area contributed by atoms with E-state index in [4.69, 9.17) is 0 Å². The van der Waals surface area contributed by atoms with Crippen LogP contribution in [0.25, 0.3) is 0 Å². The molecular formula is C14H22N2O3S. The lowest BCUT2D eigenvalue weighted by Gasteiger charge is -2.30. The fourth-order valence-corrected chi connectivity index (χ4v) is 2.34. The van der Waals surface area contributed by atoms with Crippen LogP contribution < -0.4 is 10.6 Å². The summed E-state index contributed by atoms with van der Waals surface area (Å²) in [6, 6.07) is 6.48. The first kappa shape index (κ1) is 16.7. The van der Waals surface area contributed by atoms with Gasteiger partial charge in [0.15, 0.2) is 0 Å². The van der Waals surface area contributed by atoms with Gasteiger partial charge >= 0.3 is 6.03 Å². The maximum atomic E-state index is 11.9. The highest BCUT2D eigenvalue weighted by Crippen LogP contribution is 2.15. The Hall–Kier alpha value is -1.40. The van der Waals surface area contributed by atoms with Crippen molar-refractivity contribution in [1.82, 2.24) is 5.32 Å². The van der Waals surface area contributed by atoms with Crippen LogP contribution in [0.4, 0.5) is 10.5 Å². The van der Waals surface area contributed by atoms with E-state index >= 15 is 0 Å². The van der Waals surface area contributed by atoms with Crippen molar-refractivity contribution >= 4 is 22.5 Å². The maximum Gasteiger partial charge on any atom is 0.319 e. The minimum Gasteiger partial charge on any atom is -0.394 e. The van der Waals surface area contributed by atoms with Gasteiger partial charge in [-0.05, 0) is 37.1 Å². The van der Waals surface area contributed by atoms with Gasteiger partial charge in [0, 0.05) is 27.6 Å². The Morgan fingerprint density at radius 2 is 1.80 bits per heavy atom. The second kappa shape index (κ2) is 7.40. The number of hydrogen-bond acceptors (Lipinski definition) is 3. The summed E-state index contributed by atoms with van der Waals surface area (Å²) in [5.41, 5.74) is 0.0327. The molecule has 0 aliphatic heterocycles. The number of benzene rings is 1. The number of amides is 2. The Kier molecular flexibility index (Phi) is 6.16. The van der Waals surface area contributed by atoms with Gasteiger partial charge in [-0.2, -0.15) is 0 Å². The van der Waals surface area contributed by atoms with Gasteiger partial charge in [-0.3, -0.25) is 4.21 Å². The van der Waals surface area contributed by atoms with Crippen LogP contribution in [-0.2, 0) is 10.8 Å². The zero-order chi connectivity index (χ0) is 15.2. The van der Waals surface area contributed by atoms with Crippen LogP contribution in [0.5, 0.6) is 0 Å². The molecule has 0 heterocycles. The highest BCUT2D eigenvalue weighted by molar-refractivity contribution is 7.84. The summed E-state index contributed by atoms with van der Waals surface area (Å²) in [5.74, 6) is 0. The van der Waals surface area contributed by atoms with Crippen molar-refractivity contribution in [3.05, 3.63) is 24.3 Å². The van der Waals surface area contributed by atoms with Crippen molar-refractivity contribution in [2.75, 3.05) is 18.2 Å². The summed E-state index contributed by atoms with van der Waals surface area (Å²) in [6.07, 6.45) is 2.91. The monoisotopic (exact) mass is 298 g/mol. The highest BCUT2D eigenvalue weighted by Gasteiger charge is 2.27. The van der Waals surface area contributed by atoms with Crippen LogP contribution in [0.3, 0.4) is 0 Å². The van der Waals surface area contributed by atoms with E-state index in [1.54, 1.807) is 30.5 Å². The standard InChI is InChI=1S/C14H22N2O3S/c1-4-14(5-2,10-17)16-13(18)15-11-6-8-12(9-7-11)20(3)19/h6-9,17H,4-5,10H2,1-3H3,(H2,15,16,18)/t20-/m1/s1. The van der Waals surface area contributed by atoms with Crippen LogP contribution in [0.1, 0.15) is 26.7 Å². The number of hydrogen-bond donors (Lipinski definition) is 3. The van der Waals surface area contributed by atoms with Gasteiger partial charge in [0.1, 0.15) is 0 Å². The number of carbonyl (C=O) groups is 1. The molecule has 0 spiro atoms. The topological polar surface area (TPSA) is 78.4 Å². The summed E-state index contributed by atoms with van der Waals surface area (Å²) in [6.45, 7) is 3.75. The third kappa shape index (κ3) is 4.31. The lowest BCUT2D eigenvalue weighted by atomic mass is 9.94. The van der Waals surface area contributed by atoms with E-state index in [1.165, 1.54) is 0 Å². The first-order valence-corrected chi connectivity index (χ1v) is 8.15. The smallest absolute Gasteiger partial charge is 0.319 e. The molecule has 3 N–H and O–H groups in total. The van der Waals surface area contributed by atoms with Crippen LogP contribution in [0, 0.1) is 0 Å². The van der Waals surface area contributed by atoms with Crippen LogP contribution in [-0.4, -0.2) is 33.7 Å². The van der Waals surface area contributed by atoms with Crippen LogP contribution in [0.2, 0.25) is 0 Å². The molecule has 1 atom stereocenters. The van der Waals surface area contributed by atoms with E-state index in [9.17, 15) is 14.1 Å². The van der Waals surface area contributed by atoms with Gasteiger partial charge in [-0.1, -0.05) is 13.8 Å². The number of rotatable bonds is 6. The summed E-state index contributed by atoms with van der Waals surface area (Å²) in [4.78, 5) is 12.6.